The first kappa shape index (κ1) is 61.2. The number of ketones is 1. The summed E-state index contributed by atoms with van der Waals surface area (Å²) in [4.78, 5) is 42.5. The number of amides is 1. The van der Waals surface area contributed by atoms with Crippen molar-refractivity contribution in [2.45, 2.75) is 257 Å². The van der Waals surface area contributed by atoms with Crippen molar-refractivity contribution in [1.82, 2.24) is 5.32 Å². The van der Waals surface area contributed by atoms with Crippen LogP contribution in [0.2, 0.25) is 0 Å². The smallest absolute Gasteiger partial charge is 0.346 e. The number of ether oxygens (including phenoxy) is 9. The lowest BCUT2D eigenvalue weighted by atomic mass is 9.49. The average Bonchev–Trinajstić information content (AvgIpc) is 3.64. The number of carbonyl (C=O) groups is 3. The van der Waals surface area contributed by atoms with Crippen LogP contribution in [0.4, 0.5) is 0 Å². The summed E-state index contributed by atoms with van der Waals surface area (Å²) in [5.74, 6) is -3.95. The second-order valence-corrected chi connectivity index (χ2v) is 26.0. The standard InChI is InChI=1S/C62H93NO17/c1-14-15-39-16-17-40-24-33(6)53(79-49-28-60(12,71)56(37(10)75-49)63-38(11)64)31(4)22-29(2)42-19-18-41-51(61(42,13)57(68)50-58(69)62(40,27-39)80-59(50)70)30(3)23-32(5)54(41)77-46-21-20-45(34(7)72-46)76-47-26-44(66)55(36(9)74-47)78-48-25-43(65)52(67)35(8)73-48/h16-19,22,24,30-32,34-37,39-49,51-56,65-68,71H,14-15,20-21,23,25-28H2,1-13H3,(H,63,64)/b29-22+,33-24+,57-50-. The van der Waals surface area contributed by atoms with Crippen molar-refractivity contribution in [3.63, 3.8) is 0 Å². The molecule has 0 aromatic rings. The summed E-state index contributed by atoms with van der Waals surface area (Å²) in [5, 5.41) is 59.6. The molecule has 27 atom stereocenters. The molecule has 9 aliphatic rings. The molecule has 9 rings (SSSR count). The van der Waals surface area contributed by atoms with Gasteiger partial charge in [-0.1, -0.05) is 83.1 Å². The summed E-state index contributed by atoms with van der Waals surface area (Å²) in [7, 11) is 0. The Hall–Kier alpha value is -3.37. The Bertz CT molecular complexity index is 2410. The highest BCUT2D eigenvalue weighted by molar-refractivity contribution is 6.26. The number of esters is 1. The van der Waals surface area contributed by atoms with Crippen molar-refractivity contribution in [2.24, 2.45) is 52.8 Å². The van der Waals surface area contributed by atoms with E-state index in [1.165, 1.54) is 6.92 Å². The molecule has 448 valence electrons. The molecule has 1 spiro atoms. The Morgan fingerprint density at radius 1 is 0.725 bits per heavy atom. The molecule has 5 aliphatic heterocycles. The van der Waals surface area contributed by atoms with Crippen LogP contribution in [-0.2, 0) is 57.0 Å². The Labute approximate surface area is 473 Å². The van der Waals surface area contributed by atoms with Gasteiger partial charge in [0.05, 0.1) is 66.6 Å². The molecule has 6 N–H and O–H groups in total. The van der Waals surface area contributed by atoms with Crippen LogP contribution in [0.1, 0.15) is 148 Å². The van der Waals surface area contributed by atoms with Crippen molar-refractivity contribution in [3.05, 3.63) is 58.9 Å². The predicted molar refractivity (Wildman–Crippen MR) is 293 cm³/mol. The largest absolute Gasteiger partial charge is 0.511 e. The number of aliphatic hydroxyl groups excluding tert-OH is 4. The van der Waals surface area contributed by atoms with Gasteiger partial charge in [0, 0.05) is 68.1 Å². The molecule has 1 saturated carbocycles. The van der Waals surface area contributed by atoms with Crippen LogP contribution in [0, 0.1) is 52.8 Å². The molecule has 0 aromatic carbocycles. The number of carbonyl (C=O) groups excluding carboxylic acids is 3. The molecule has 5 heterocycles. The highest BCUT2D eigenvalue weighted by Crippen LogP contribution is 2.61. The third kappa shape index (κ3) is 11.7. The lowest BCUT2D eigenvalue weighted by Crippen LogP contribution is -2.62. The number of fused-ring (bicyclic) bond motifs is 4. The monoisotopic (exact) mass is 1120 g/mol. The molecule has 0 radical (unpaired) electrons. The molecular weight excluding hydrogens is 1030 g/mol. The molecule has 2 bridgehead atoms. The molecule has 6 fully saturated rings. The van der Waals surface area contributed by atoms with Crippen LogP contribution in [0.25, 0.3) is 0 Å². The molecule has 18 heteroatoms. The van der Waals surface area contributed by atoms with Crippen LogP contribution in [0.5, 0.6) is 0 Å². The summed E-state index contributed by atoms with van der Waals surface area (Å²) in [6.07, 6.45) is 6.23. The van der Waals surface area contributed by atoms with Gasteiger partial charge in [-0.25, -0.2) is 4.79 Å². The molecule has 80 heavy (non-hydrogen) atoms. The molecule has 5 saturated heterocycles. The highest BCUT2D eigenvalue weighted by Gasteiger charge is 2.63. The van der Waals surface area contributed by atoms with Crippen LogP contribution in [0.3, 0.4) is 0 Å². The summed E-state index contributed by atoms with van der Waals surface area (Å²) in [5.41, 5.74) is -2.79. The zero-order valence-electron chi connectivity index (χ0n) is 49.3. The topological polar surface area (TPSA) is 247 Å². The van der Waals surface area contributed by atoms with E-state index in [2.05, 4.69) is 57.3 Å². The van der Waals surface area contributed by atoms with Gasteiger partial charge in [0.1, 0.15) is 23.5 Å². The van der Waals surface area contributed by atoms with Gasteiger partial charge in [-0.2, -0.15) is 0 Å². The maximum Gasteiger partial charge on any atom is 0.346 e. The Kier molecular flexibility index (Phi) is 18.3. The number of hydrogen-bond acceptors (Lipinski definition) is 17. The Balaban J connectivity index is 0.984. The maximum atomic E-state index is 15.6. The van der Waals surface area contributed by atoms with E-state index in [0.717, 1.165) is 30.4 Å². The van der Waals surface area contributed by atoms with Gasteiger partial charge in [-0.3, -0.25) is 9.59 Å². The first-order valence-electron chi connectivity index (χ1n) is 29.9. The molecular formula is C62H93NO17. The van der Waals surface area contributed by atoms with E-state index < -0.39 is 126 Å². The minimum atomic E-state index is -1.62. The molecule has 18 nitrogen and oxygen atoms in total. The third-order valence-corrected chi connectivity index (χ3v) is 19.7. The van der Waals surface area contributed by atoms with Gasteiger partial charge in [-0.15, -0.1) is 0 Å². The lowest BCUT2D eigenvalue weighted by Gasteiger charge is -2.56. The number of nitrogens with one attached hydrogen (secondary N) is 1. The second kappa shape index (κ2) is 23.9. The fourth-order valence-electron chi connectivity index (χ4n) is 15.9. The maximum absolute atomic E-state index is 15.6. The molecule has 27 unspecified atom stereocenters. The molecule has 0 aromatic heterocycles. The van der Waals surface area contributed by atoms with Gasteiger partial charge in [0.2, 0.25) is 11.7 Å². The summed E-state index contributed by atoms with van der Waals surface area (Å²) >= 11 is 0. The normalized spacial score (nSPS) is 51.2. The van der Waals surface area contributed by atoms with Crippen molar-refractivity contribution < 1.29 is 82.5 Å². The zero-order valence-corrected chi connectivity index (χ0v) is 49.3. The van der Waals surface area contributed by atoms with Crippen LogP contribution < -0.4 is 5.32 Å². The minimum absolute atomic E-state index is 0.00302. The quantitative estimate of drug-likeness (QED) is 0.0686. The van der Waals surface area contributed by atoms with E-state index in [1.54, 1.807) is 27.7 Å². The van der Waals surface area contributed by atoms with Gasteiger partial charge in [0.15, 0.2) is 30.8 Å². The summed E-state index contributed by atoms with van der Waals surface area (Å²) in [6.45, 7) is 24.8. The van der Waals surface area contributed by atoms with Gasteiger partial charge in [-0.05, 0) is 97.0 Å². The van der Waals surface area contributed by atoms with E-state index in [9.17, 15) is 35.1 Å². The highest BCUT2D eigenvalue weighted by atomic mass is 16.7. The van der Waals surface area contributed by atoms with Crippen molar-refractivity contribution in [3.8, 4) is 0 Å². The fraction of sp³-hybridized carbons (Fsp3) is 0.790. The number of aliphatic hydroxyl groups is 5. The SMILES string of the molecule is CCCC1C=CC2/C=C(\C)C(OC3CC(C)(O)C(NC(C)=O)C(C)O3)C(C)/C=C(\C)C3C=CC4C(OC5CCC(OC6CC(O)C(OC7CC(O)C(O)C(C)O7)C(C)O6)C(C)O5)C(C)CC(C)C4C3(C)/C(O)=C3/C(=O)OC2(C1)C3=O. The number of allylic oxidation sites excluding steroid dienone is 4. The molecule has 4 aliphatic carbocycles. The second-order valence-electron chi connectivity index (χ2n) is 26.0. The minimum Gasteiger partial charge on any atom is -0.511 e. The zero-order chi connectivity index (χ0) is 58.1. The molecule has 1 amide bonds. The fourth-order valence-corrected chi connectivity index (χ4v) is 15.9. The summed E-state index contributed by atoms with van der Waals surface area (Å²) in [6, 6.07) is -0.667. The first-order valence-corrected chi connectivity index (χ1v) is 29.9. The summed E-state index contributed by atoms with van der Waals surface area (Å²) < 4.78 is 58.2. The third-order valence-electron chi connectivity index (χ3n) is 19.7. The van der Waals surface area contributed by atoms with Gasteiger partial charge < -0.3 is 73.5 Å². The average molecular weight is 1120 g/mol. The van der Waals surface area contributed by atoms with Crippen LogP contribution in [-0.4, -0.2) is 153 Å². The number of Topliss-reactive ketones (excluding diaryl/α,β-unsaturated/α-hetero) is 1. The first-order chi connectivity index (χ1) is 37.7. The van der Waals surface area contributed by atoms with Crippen LogP contribution >= 0.6 is 0 Å². The van der Waals surface area contributed by atoms with Gasteiger partial charge >= 0.3 is 5.97 Å². The van der Waals surface area contributed by atoms with Crippen molar-refractivity contribution >= 4 is 17.7 Å². The Morgan fingerprint density at radius 3 is 2.05 bits per heavy atom. The predicted octanol–water partition coefficient (Wildman–Crippen LogP) is 7.11. The number of rotatable bonds is 11. The van der Waals surface area contributed by atoms with Crippen LogP contribution in [0.15, 0.2) is 58.9 Å². The van der Waals surface area contributed by atoms with E-state index in [0.29, 0.717) is 12.8 Å². The van der Waals surface area contributed by atoms with Crippen molar-refractivity contribution in [1.29, 1.82) is 0 Å². The van der Waals surface area contributed by atoms with E-state index >= 15 is 4.79 Å². The lowest BCUT2D eigenvalue weighted by molar-refractivity contribution is -0.328. The number of hydrogen-bond donors (Lipinski definition) is 6. The van der Waals surface area contributed by atoms with E-state index in [4.69, 9.17) is 42.6 Å². The van der Waals surface area contributed by atoms with Crippen molar-refractivity contribution in [2.75, 3.05) is 0 Å². The Morgan fingerprint density at radius 2 is 1.39 bits per heavy atom. The van der Waals surface area contributed by atoms with Gasteiger partial charge in [0.25, 0.3) is 0 Å². The van der Waals surface area contributed by atoms with E-state index in [-0.39, 0.29) is 90.6 Å². The van der Waals surface area contributed by atoms with E-state index in [1.807, 2.05) is 39.8 Å².